The van der Waals surface area contributed by atoms with Crippen molar-refractivity contribution in [1.82, 2.24) is 10.3 Å². The van der Waals surface area contributed by atoms with Crippen LogP contribution in [0.1, 0.15) is 43.1 Å². The first-order valence-electron chi connectivity index (χ1n) is 8.86. The van der Waals surface area contributed by atoms with Crippen LogP contribution in [-0.2, 0) is 20.7 Å². The van der Waals surface area contributed by atoms with Gasteiger partial charge < -0.3 is 19.5 Å². The highest BCUT2D eigenvalue weighted by molar-refractivity contribution is 7.09. The summed E-state index contributed by atoms with van der Waals surface area (Å²) >= 11 is 1.53. The summed E-state index contributed by atoms with van der Waals surface area (Å²) in [6.45, 7) is 7.24. The van der Waals surface area contributed by atoms with Gasteiger partial charge in [-0.1, -0.05) is 12.1 Å². The number of hydrogen-bond donors (Lipinski definition) is 1. The molecule has 0 aliphatic carbocycles. The molecule has 0 saturated heterocycles. The van der Waals surface area contributed by atoms with Gasteiger partial charge in [0.1, 0.15) is 11.4 Å². The number of thiazole rings is 1. The molecule has 0 aliphatic heterocycles. The average molecular weight is 407 g/mol. The van der Waals surface area contributed by atoms with Crippen LogP contribution in [0.5, 0.6) is 5.75 Å². The number of ether oxygens (including phenoxy) is 3. The van der Waals surface area contributed by atoms with E-state index in [4.69, 9.17) is 9.47 Å². The molecule has 0 bridgehead atoms. The minimum absolute atomic E-state index is 0.142. The van der Waals surface area contributed by atoms with Crippen molar-refractivity contribution < 1.29 is 23.8 Å². The van der Waals surface area contributed by atoms with E-state index < -0.39 is 17.7 Å². The second-order valence-electron chi connectivity index (χ2n) is 7.20. The molecule has 1 amide bonds. The van der Waals surface area contributed by atoms with Crippen LogP contribution in [0.4, 0.5) is 4.79 Å². The highest BCUT2D eigenvalue weighted by atomic mass is 32.1. The van der Waals surface area contributed by atoms with Crippen molar-refractivity contribution in [1.29, 1.82) is 0 Å². The van der Waals surface area contributed by atoms with Gasteiger partial charge in [-0.25, -0.2) is 14.6 Å². The molecule has 152 valence electrons. The molecule has 1 aromatic carbocycles. The maximum Gasteiger partial charge on any atom is 0.408 e. The largest absolute Gasteiger partial charge is 0.482 e. The number of rotatable bonds is 7. The molecular formula is C20H26N2O5S. The topological polar surface area (TPSA) is 86.8 Å². The van der Waals surface area contributed by atoms with Gasteiger partial charge in [-0.15, -0.1) is 11.3 Å². The molecule has 1 N–H and O–H groups in total. The third-order valence-electron chi connectivity index (χ3n) is 3.63. The lowest BCUT2D eigenvalue weighted by Crippen LogP contribution is -2.36. The van der Waals surface area contributed by atoms with Gasteiger partial charge in [0.15, 0.2) is 6.61 Å². The van der Waals surface area contributed by atoms with E-state index in [1.165, 1.54) is 18.4 Å². The number of aromatic nitrogens is 1. The number of alkyl carbamates (subject to hydrolysis) is 1. The Balaban J connectivity index is 2.07. The molecule has 0 radical (unpaired) electrons. The fourth-order valence-corrected chi connectivity index (χ4v) is 3.04. The molecular weight excluding hydrogens is 380 g/mol. The van der Waals surface area contributed by atoms with Crippen LogP contribution in [0.2, 0.25) is 0 Å². The smallest absolute Gasteiger partial charge is 0.408 e. The van der Waals surface area contributed by atoms with Crippen LogP contribution < -0.4 is 10.1 Å². The van der Waals surface area contributed by atoms with Crippen molar-refractivity contribution in [3.8, 4) is 5.75 Å². The molecule has 1 aromatic heterocycles. The van der Waals surface area contributed by atoms with E-state index in [0.29, 0.717) is 12.2 Å². The highest BCUT2D eigenvalue weighted by Gasteiger charge is 2.22. The summed E-state index contributed by atoms with van der Waals surface area (Å²) in [5.41, 5.74) is 1.20. The molecule has 2 aromatic rings. The number of aryl methyl sites for hydroxylation is 1. The number of nitrogens with one attached hydrogen (secondary N) is 1. The maximum absolute atomic E-state index is 12.2. The first-order chi connectivity index (χ1) is 13.2. The first-order valence-corrected chi connectivity index (χ1v) is 9.74. The second kappa shape index (κ2) is 9.54. The SMILES string of the molecule is COC(=O)COc1ccc(C[C@H](NC(=O)OC(C)(C)C)c2csc(C)n2)cc1. The third-order valence-corrected chi connectivity index (χ3v) is 4.42. The van der Waals surface area contributed by atoms with Gasteiger partial charge in [0.2, 0.25) is 0 Å². The summed E-state index contributed by atoms with van der Waals surface area (Å²) in [5, 5.41) is 5.77. The Labute approximate surface area is 169 Å². The fraction of sp³-hybridized carbons (Fsp3) is 0.450. The van der Waals surface area contributed by atoms with Gasteiger partial charge in [-0.05, 0) is 51.8 Å². The van der Waals surface area contributed by atoms with Crippen molar-refractivity contribution >= 4 is 23.4 Å². The van der Waals surface area contributed by atoms with E-state index in [1.807, 2.05) is 45.2 Å². The molecule has 8 heteroatoms. The summed E-state index contributed by atoms with van der Waals surface area (Å²) in [6, 6.07) is 7.00. The monoisotopic (exact) mass is 406 g/mol. The van der Waals surface area contributed by atoms with Gasteiger partial charge in [-0.3, -0.25) is 0 Å². The first kappa shape index (κ1) is 21.7. The summed E-state index contributed by atoms with van der Waals surface area (Å²) < 4.78 is 15.3. The Morgan fingerprint density at radius 1 is 1.21 bits per heavy atom. The van der Waals surface area contributed by atoms with Crippen LogP contribution in [0.15, 0.2) is 29.6 Å². The molecule has 1 atom stereocenters. The Hall–Kier alpha value is -2.61. The molecule has 0 saturated carbocycles. The summed E-state index contributed by atoms with van der Waals surface area (Å²) in [5.74, 6) is 0.125. The van der Waals surface area contributed by atoms with Crippen molar-refractivity contribution in [2.24, 2.45) is 0 Å². The summed E-state index contributed by atoms with van der Waals surface area (Å²) in [7, 11) is 1.31. The molecule has 0 aliphatic rings. The minimum Gasteiger partial charge on any atom is -0.482 e. The highest BCUT2D eigenvalue weighted by Crippen LogP contribution is 2.23. The number of hydrogen-bond acceptors (Lipinski definition) is 7. The Kier molecular flexibility index (Phi) is 7.39. The number of esters is 1. The zero-order valence-electron chi connectivity index (χ0n) is 16.8. The van der Waals surface area contributed by atoms with E-state index >= 15 is 0 Å². The lowest BCUT2D eigenvalue weighted by molar-refractivity contribution is -0.142. The van der Waals surface area contributed by atoms with Gasteiger partial charge in [-0.2, -0.15) is 0 Å². The number of nitrogens with zero attached hydrogens (tertiary/aromatic N) is 1. The number of amides is 1. The Morgan fingerprint density at radius 2 is 1.89 bits per heavy atom. The number of carbonyl (C=O) groups excluding carboxylic acids is 2. The van der Waals surface area contributed by atoms with E-state index in [-0.39, 0.29) is 12.6 Å². The Bertz CT molecular complexity index is 796. The third kappa shape index (κ3) is 7.19. The Morgan fingerprint density at radius 3 is 2.43 bits per heavy atom. The number of carbonyl (C=O) groups is 2. The quantitative estimate of drug-likeness (QED) is 0.704. The molecule has 28 heavy (non-hydrogen) atoms. The van der Waals surface area contributed by atoms with E-state index in [1.54, 1.807) is 12.1 Å². The van der Waals surface area contributed by atoms with Crippen LogP contribution in [0.25, 0.3) is 0 Å². The lowest BCUT2D eigenvalue weighted by atomic mass is 10.0. The van der Waals surface area contributed by atoms with Gasteiger partial charge in [0.25, 0.3) is 0 Å². The van der Waals surface area contributed by atoms with Crippen molar-refractivity contribution in [2.75, 3.05) is 13.7 Å². The van der Waals surface area contributed by atoms with E-state index in [0.717, 1.165) is 16.3 Å². The number of benzene rings is 1. The molecule has 0 unspecified atom stereocenters. The predicted molar refractivity (Wildman–Crippen MR) is 107 cm³/mol. The van der Waals surface area contributed by atoms with Crippen LogP contribution in [0, 0.1) is 6.92 Å². The van der Waals surface area contributed by atoms with E-state index in [2.05, 4.69) is 15.0 Å². The zero-order chi connectivity index (χ0) is 20.7. The predicted octanol–water partition coefficient (Wildman–Crippen LogP) is 3.81. The lowest BCUT2D eigenvalue weighted by Gasteiger charge is -2.23. The van der Waals surface area contributed by atoms with Gasteiger partial charge in [0.05, 0.1) is 23.9 Å². The normalized spacial score (nSPS) is 12.2. The molecule has 2 rings (SSSR count). The average Bonchev–Trinajstić information content (AvgIpc) is 3.05. The number of methoxy groups -OCH3 is 1. The van der Waals surface area contributed by atoms with Crippen LogP contribution >= 0.6 is 11.3 Å². The standard InChI is InChI=1S/C20H26N2O5S/c1-13-21-17(12-28-13)16(22-19(24)27-20(2,3)4)10-14-6-8-15(9-7-14)26-11-18(23)25-5/h6-9,12,16H,10-11H2,1-5H3,(H,22,24)/t16-/m0/s1. The van der Waals surface area contributed by atoms with Crippen molar-refractivity contribution in [3.63, 3.8) is 0 Å². The van der Waals surface area contributed by atoms with Crippen molar-refractivity contribution in [2.45, 2.75) is 45.8 Å². The van der Waals surface area contributed by atoms with Gasteiger partial charge >= 0.3 is 12.1 Å². The molecule has 0 spiro atoms. The minimum atomic E-state index is -0.578. The summed E-state index contributed by atoms with van der Waals surface area (Å²) in [4.78, 5) is 27.9. The summed E-state index contributed by atoms with van der Waals surface area (Å²) in [6.07, 6.45) is 0.0564. The van der Waals surface area contributed by atoms with Crippen molar-refractivity contribution in [3.05, 3.63) is 45.9 Å². The zero-order valence-corrected chi connectivity index (χ0v) is 17.6. The maximum atomic E-state index is 12.2. The van der Waals surface area contributed by atoms with Crippen LogP contribution in [0.3, 0.4) is 0 Å². The molecule has 7 nitrogen and oxygen atoms in total. The molecule has 1 heterocycles. The fourth-order valence-electron chi connectivity index (χ4n) is 2.38. The van der Waals surface area contributed by atoms with Gasteiger partial charge in [0, 0.05) is 5.38 Å². The second-order valence-corrected chi connectivity index (χ2v) is 8.27. The van der Waals surface area contributed by atoms with E-state index in [9.17, 15) is 9.59 Å². The van der Waals surface area contributed by atoms with Crippen LogP contribution in [-0.4, -0.2) is 36.4 Å². The molecule has 0 fully saturated rings.